The summed E-state index contributed by atoms with van der Waals surface area (Å²) in [4.78, 5) is 40.5. The first-order valence-corrected chi connectivity index (χ1v) is 13.4. The molecule has 0 spiro atoms. The highest BCUT2D eigenvalue weighted by molar-refractivity contribution is 6.31. The van der Waals surface area contributed by atoms with Gasteiger partial charge in [-0.3, -0.25) is 9.59 Å². The normalized spacial score (nSPS) is 11.6. The fourth-order valence-electron chi connectivity index (χ4n) is 4.79. The van der Waals surface area contributed by atoms with Crippen LogP contribution in [0.25, 0.3) is 16.6 Å². The van der Waals surface area contributed by atoms with Gasteiger partial charge in [0.15, 0.2) is 5.78 Å². The Labute approximate surface area is 241 Å². The summed E-state index contributed by atoms with van der Waals surface area (Å²) in [5, 5.41) is 14.2. The van der Waals surface area contributed by atoms with E-state index in [0.29, 0.717) is 17.0 Å². The van der Waals surface area contributed by atoms with Crippen LogP contribution in [0.1, 0.15) is 46.4 Å². The fourth-order valence-corrected chi connectivity index (χ4v) is 4.96. The van der Waals surface area contributed by atoms with Crippen molar-refractivity contribution in [2.45, 2.75) is 32.4 Å². The van der Waals surface area contributed by atoms with E-state index in [4.69, 9.17) is 16.3 Å². The second-order valence-corrected chi connectivity index (χ2v) is 9.95. The van der Waals surface area contributed by atoms with Crippen molar-refractivity contribution in [3.05, 3.63) is 129 Å². The van der Waals surface area contributed by atoms with Crippen LogP contribution < -0.4 is 5.56 Å². The molecule has 0 saturated heterocycles. The number of carbonyl (C=O) groups is 2. The highest BCUT2D eigenvalue weighted by Gasteiger charge is 2.25. The second-order valence-electron chi connectivity index (χ2n) is 9.51. The summed E-state index contributed by atoms with van der Waals surface area (Å²) in [6.45, 7) is 1.81. The number of ketones is 1. The minimum absolute atomic E-state index is 0.00605. The van der Waals surface area contributed by atoms with Gasteiger partial charge in [-0.1, -0.05) is 48.9 Å². The number of ether oxygens (including phenoxy) is 1. The number of esters is 1. The Kier molecular flexibility index (Phi) is 8.09. The number of rotatable bonds is 9. The van der Waals surface area contributed by atoms with Crippen LogP contribution in [0.15, 0.2) is 96.2 Å². The van der Waals surface area contributed by atoms with E-state index < -0.39 is 17.6 Å². The van der Waals surface area contributed by atoms with Gasteiger partial charge in [-0.05, 0) is 53.9 Å². The molecule has 8 nitrogen and oxygen atoms in total. The van der Waals surface area contributed by atoms with Crippen LogP contribution in [0.3, 0.4) is 0 Å². The summed E-state index contributed by atoms with van der Waals surface area (Å²) in [5.41, 5.74) is 2.74. The lowest BCUT2D eigenvalue weighted by Gasteiger charge is -2.20. The predicted molar refractivity (Wildman–Crippen MR) is 155 cm³/mol. The Morgan fingerprint density at radius 3 is 2.59 bits per heavy atom. The topological polar surface area (TPSA) is 106 Å². The van der Waals surface area contributed by atoms with Crippen LogP contribution in [0, 0.1) is 11.3 Å². The number of aromatic nitrogens is 3. The molecule has 0 saturated carbocycles. The van der Waals surface area contributed by atoms with Crippen molar-refractivity contribution >= 4 is 28.9 Å². The quantitative estimate of drug-likeness (QED) is 0.209. The van der Waals surface area contributed by atoms with Crippen molar-refractivity contribution in [1.82, 2.24) is 14.2 Å². The number of nitrogens with zero attached hydrogens (tertiary/aromatic N) is 4. The van der Waals surface area contributed by atoms with Crippen LogP contribution in [0.5, 0.6) is 0 Å². The summed E-state index contributed by atoms with van der Waals surface area (Å²) in [7, 11) is 0. The Morgan fingerprint density at radius 1 is 1.02 bits per heavy atom. The van der Waals surface area contributed by atoms with Gasteiger partial charge in [-0.15, -0.1) is 0 Å². The zero-order valence-corrected chi connectivity index (χ0v) is 22.9. The predicted octanol–water partition coefficient (Wildman–Crippen LogP) is 5.81. The smallest absolute Gasteiger partial charge is 0.340 e. The van der Waals surface area contributed by atoms with E-state index in [-0.39, 0.29) is 35.5 Å². The fraction of sp³-hybridized carbons (Fsp3) is 0.156. The molecule has 1 unspecified atom stereocenters. The summed E-state index contributed by atoms with van der Waals surface area (Å²) in [6.07, 6.45) is 5.23. The average Bonchev–Trinajstić information content (AvgIpc) is 3.45. The molecular formula is C32H25ClN4O4. The minimum atomic E-state index is -0.826. The molecule has 41 heavy (non-hydrogen) atoms. The Hall–Kier alpha value is -5.00. The lowest BCUT2D eigenvalue weighted by atomic mass is 9.96. The molecule has 9 heteroatoms. The number of hydrogen-bond acceptors (Lipinski definition) is 6. The summed E-state index contributed by atoms with van der Waals surface area (Å²) in [5.74, 6) is -0.884. The molecule has 0 aliphatic heterocycles. The van der Waals surface area contributed by atoms with Crippen molar-refractivity contribution in [3.63, 3.8) is 0 Å². The van der Waals surface area contributed by atoms with Crippen LogP contribution in [0.2, 0.25) is 5.02 Å². The average molecular weight is 565 g/mol. The molecular weight excluding hydrogens is 540 g/mol. The highest BCUT2D eigenvalue weighted by Crippen LogP contribution is 2.30. The van der Waals surface area contributed by atoms with E-state index in [9.17, 15) is 19.6 Å². The molecule has 0 aliphatic carbocycles. The van der Waals surface area contributed by atoms with Gasteiger partial charge in [0.05, 0.1) is 28.8 Å². The Balaban J connectivity index is 1.55. The maximum atomic E-state index is 13.5. The van der Waals surface area contributed by atoms with Crippen molar-refractivity contribution in [1.29, 1.82) is 5.26 Å². The Morgan fingerprint density at radius 2 is 1.83 bits per heavy atom. The number of Topliss-reactive ketones (excluding diaryl/α,β-unsaturated/α-hetero) is 1. The van der Waals surface area contributed by atoms with Crippen LogP contribution in [0.4, 0.5) is 0 Å². The first-order valence-electron chi connectivity index (χ1n) is 13.0. The van der Waals surface area contributed by atoms with E-state index in [0.717, 1.165) is 16.6 Å². The third kappa shape index (κ3) is 5.96. The molecule has 0 fully saturated rings. The number of fused-ring (bicyclic) bond motifs is 1. The molecule has 3 aromatic heterocycles. The third-order valence-electron chi connectivity index (χ3n) is 6.84. The molecule has 0 radical (unpaired) electrons. The number of hydrogen-bond donors (Lipinski definition) is 0. The monoisotopic (exact) mass is 564 g/mol. The first kappa shape index (κ1) is 27.6. The minimum Gasteiger partial charge on any atom is -0.457 e. The van der Waals surface area contributed by atoms with Crippen molar-refractivity contribution in [3.8, 4) is 17.2 Å². The molecule has 0 aliphatic rings. The third-order valence-corrected chi connectivity index (χ3v) is 7.08. The van der Waals surface area contributed by atoms with Gasteiger partial charge in [0.1, 0.15) is 6.61 Å². The maximum absolute atomic E-state index is 13.5. The summed E-state index contributed by atoms with van der Waals surface area (Å²) < 4.78 is 8.59. The highest BCUT2D eigenvalue weighted by atomic mass is 35.5. The van der Waals surface area contributed by atoms with Crippen molar-refractivity contribution in [2.75, 3.05) is 0 Å². The first-order chi connectivity index (χ1) is 19.9. The molecule has 204 valence electrons. The number of carbonyl (C=O) groups excluding carboxylic acids is 2. The van der Waals surface area contributed by atoms with Crippen molar-refractivity contribution < 1.29 is 14.3 Å². The maximum Gasteiger partial charge on any atom is 0.340 e. The molecule has 1 atom stereocenters. The molecule has 2 aromatic carbocycles. The number of benzene rings is 2. The van der Waals surface area contributed by atoms with Gasteiger partial charge in [-0.25, -0.2) is 9.31 Å². The zero-order chi connectivity index (χ0) is 28.9. The SMILES string of the molecule is CCC(C(=O)Cc1ccn2nccc2c1)n1cc(C(=O)OCc2ccccc2)c(-c2cc(Cl)ccc2C#N)cc1=O. The Bertz CT molecular complexity index is 1850. The van der Waals surface area contributed by atoms with Crippen molar-refractivity contribution in [2.24, 2.45) is 0 Å². The molecule has 5 rings (SSSR count). The van der Waals surface area contributed by atoms with E-state index in [1.165, 1.54) is 29.0 Å². The van der Waals surface area contributed by atoms with Crippen LogP contribution >= 0.6 is 11.6 Å². The number of halogens is 1. The van der Waals surface area contributed by atoms with Crippen LogP contribution in [-0.2, 0) is 22.6 Å². The molecule has 0 bridgehead atoms. The van der Waals surface area contributed by atoms with E-state index >= 15 is 0 Å². The van der Waals surface area contributed by atoms with Gasteiger partial charge >= 0.3 is 5.97 Å². The van der Waals surface area contributed by atoms with Gasteiger partial charge in [0.2, 0.25) is 0 Å². The van der Waals surface area contributed by atoms with E-state index in [1.807, 2.05) is 48.5 Å². The van der Waals surface area contributed by atoms with E-state index in [1.54, 1.807) is 29.9 Å². The summed E-state index contributed by atoms with van der Waals surface area (Å²) >= 11 is 6.23. The lowest BCUT2D eigenvalue weighted by Crippen LogP contribution is -2.31. The second kappa shape index (κ2) is 12.0. The van der Waals surface area contributed by atoms with Gasteiger partial charge in [0, 0.05) is 47.2 Å². The standard InChI is InChI=1S/C32H25ClN4O4/c1-2-29(30(38)15-22-11-13-37-25(14-22)10-12-35-37)36-19-28(32(40)41-20-21-6-4-3-5-7-21)27(17-31(36)39)26-16-24(33)9-8-23(26)18-34/h3-14,16-17,19,29H,2,15,20H2,1H3. The largest absolute Gasteiger partial charge is 0.457 e. The van der Waals surface area contributed by atoms with Gasteiger partial charge in [-0.2, -0.15) is 10.4 Å². The van der Waals surface area contributed by atoms with E-state index in [2.05, 4.69) is 11.2 Å². The summed E-state index contributed by atoms with van der Waals surface area (Å²) in [6, 6.07) is 21.9. The van der Waals surface area contributed by atoms with Gasteiger partial charge in [0.25, 0.3) is 5.56 Å². The zero-order valence-electron chi connectivity index (χ0n) is 22.2. The van der Waals surface area contributed by atoms with Crippen LogP contribution in [-0.4, -0.2) is 25.9 Å². The lowest BCUT2D eigenvalue weighted by molar-refractivity contribution is -0.121. The molecule has 5 aromatic rings. The number of pyridine rings is 2. The molecule has 3 heterocycles. The number of nitriles is 1. The molecule has 0 amide bonds. The van der Waals surface area contributed by atoms with Gasteiger partial charge < -0.3 is 9.30 Å². The molecule has 0 N–H and O–H groups in total.